The molecule has 0 aliphatic rings. The molecule has 0 bridgehead atoms. The molecule has 1 aromatic rings. The number of carbonyl (C=O) groups excluding carboxylic acids is 1. The largest absolute Gasteiger partial charge is 0.491 e. The number of nitrogens with one attached hydrogen (secondary N) is 2. The van der Waals surface area contributed by atoms with E-state index in [1.807, 2.05) is 52.1 Å². The molecule has 20 heavy (non-hydrogen) atoms. The number of rotatable bonds is 8. The van der Waals surface area contributed by atoms with Crippen LogP contribution in [0.3, 0.4) is 0 Å². The van der Waals surface area contributed by atoms with E-state index in [0.29, 0.717) is 6.42 Å². The smallest absolute Gasteiger partial charge is 0.220 e. The van der Waals surface area contributed by atoms with Gasteiger partial charge in [-0.3, -0.25) is 4.79 Å². The zero-order valence-electron chi connectivity index (χ0n) is 12.9. The van der Waals surface area contributed by atoms with Gasteiger partial charge in [-0.1, -0.05) is 12.1 Å². The van der Waals surface area contributed by atoms with Crippen LogP contribution in [-0.4, -0.2) is 25.6 Å². The van der Waals surface area contributed by atoms with Crippen LogP contribution in [-0.2, 0) is 4.79 Å². The Balaban J connectivity index is 2.46. The zero-order chi connectivity index (χ0) is 15.0. The van der Waals surface area contributed by atoms with Gasteiger partial charge in [0.05, 0.1) is 12.1 Å². The summed E-state index contributed by atoms with van der Waals surface area (Å²) in [6.07, 6.45) is 1.58. The molecule has 0 spiro atoms. The molecule has 0 heterocycles. The van der Waals surface area contributed by atoms with Gasteiger partial charge < -0.3 is 15.4 Å². The number of carbonyl (C=O) groups is 1. The molecule has 0 aromatic heterocycles. The lowest BCUT2D eigenvalue weighted by Crippen LogP contribution is -2.27. The van der Waals surface area contributed by atoms with E-state index in [0.717, 1.165) is 24.3 Å². The second-order valence-electron chi connectivity index (χ2n) is 5.23. The lowest BCUT2D eigenvalue weighted by Gasteiger charge is -2.15. The van der Waals surface area contributed by atoms with Crippen LogP contribution in [0.5, 0.6) is 5.75 Å². The molecule has 1 aromatic carbocycles. The fourth-order valence-corrected chi connectivity index (χ4v) is 1.93. The van der Waals surface area contributed by atoms with Gasteiger partial charge >= 0.3 is 0 Å². The average molecular weight is 278 g/mol. The second kappa shape index (κ2) is 8.59. The molecular weight excluding hydrogens is 252 g/mol. The number of amides is 1. The van der Waals surface area contributed by atoms with E-state index in [4.69, 9.17) is 4.74 Å². The van der Waals surface area contributed by atoms with Gasteiger partial charge in [-0.05, 0) is 58.5 Å². The van der Waals surface area contributed by atoms with Crippen molar-refractivity contribution >= 4 is 5.91 Å². The Morgan fingerprint density at radius 2 is 1.85 bits per heavy atom. The first-order valence-electron chi connectivity index (χ1n) is 7.23. The Kier molecular flexibility index (Phi) is 7.09. The molecule has 2 N–H and O–H groups in total. The van der Waals surface area contributed by atoms with Gasteiger partial charge in [-0.15, -0.1) is 0 Å². The van der Waals surface area contributed by atoms with Crippen molar-refractivity contribution in [2.45, 2.75) is 45.8 Å². The highest BCUT2D eigenvalue weighted by Crippen LogP contribution is 2.18. The normalized spacial score (nSPS) is 12.2. The van der Waals surface area contributed by atoms with Crippen molar-refractivity contribution in [3.63, 3.8) is 0 Å². The first-order valence-corrected chi connectivity index (χ1v) is 7.23. The monoisotopic (exact) mass is 278 g/mol. The Bertz CT molecular complexity index is 401. The highest BCUT2D eigenvalue weighted by molar-refractivity contribution is 5.76. The molecule has 1 amide bonds. The fourth-order valence-electron chi connectivity index (χ4n) is 1.93. The zero-order valence-corrected chi connectivity index (χ0v) is 12.9. The van der Waals surface area contributed by atoms with Gasteiger partial charge in [0.2, 0.25) is 5.91 Å². The predicted molar refractivity (Wildman–Crippen MR) is 81.9 cm³/mol. The molecule has 0 radical (unpaired) electrons. The summed E-state index contributed by atoms with van der Waals surface area (Å²) < 4.78 is 5.60. The molecule has 1 atom stereocenters. The molecule has 4 heteroatoms. The quantitative estimate of drug-likeness (QED) is 0.719. The van der Waals surface area contributed by atoms with Crippen molar-refractivity contribution in [1.29, 1.82) is 0 Å². The third-order valence-corrected chi connectivity index (χ3v) is 2.96. The minimum atomic E-state index is 0.0187. The Labute approximate surface area is 121 Å². The third kappa shape index (κ3) is 6.06. The summed E-state index contributed by atoms with van der Waals surface area (Å²) in [7, 11) is 1.89. The molecule has 0 aliphatic heterocycles. The summed E-state index contributed by atoms with van der Waals surface area (Å²) in [5.41, 5.74) is 1.09. The standard InChI is InChI=1S/C16H26N2O2/c1-12(2)20-15-9-7-14(8-10-15)13(3)18-16(19)6-5-11-17-4/h7-10,12-13,17H,5-6,11H2,1-4H3,(H,18,19). The number of hydrogen-bond acceptors (Lipinski definition) is 3. The summed E-state index contributed by atoms with van der Waals surface area (Å²) in [4.78, 5) is 11.8. The van der Waals surface area contributed by atoms with E-state index in [-0.39, 0.29) is 18.1 Å². The van der Waals surface area contributed by atoms with Gasteiger partial charge in [-0.2, -0.15) is 0 Å². The molecule has 0 fully saturated rings. The first kappa shape index (κ1) is 16.5. The SMILES string of the molecule is CNCCCC(=O)NC(C)c1ccc(OC(C)C)cc1. The van der Waals surface area contributed by atoms with Crippen molar-refractivity contribution < 1.29 is 9.53 Å². The van der Waals surface area contributed by atoms with Gasteiger partial charge in [0.15, 0.2) is 0 Å². The Morgan fingerprint density at radius 3 is 2.40 bits per heavy atom. The lowest BCUT2D eigenvalue weighted by molar-refractivity contribution is -0.121. The van der Waals surface area contributed by atoms with Crippen LogP contribution in [0.1, 0.15) is 45.2 Å². The Hall–Kier alpha value is -1.55. The number of ether oxygens (including phenoxy) is 1. The van der Waals surface area contributed by atoms with Gasteiger partial charge in [0, 0.05) is 6.42 Å². The average Bonchev–Trinajstić information content (AvgIpc) is 2.39. The van der Waals surface area contributed by atoms with Crippen molar-refractivity contribution in [2.24, 2.45) is 0 Å². The van der Waals surface area contributed by atoms with Crippen LogP contribution >= 0.6 is 0 Å². The van der Waals surface area contributed by atoms with E-state index < -0.39 is 0 Å². The van der Waals surface area contributed by atoms with Gasteiger partial charge in [0.25, 0.3) is 0 Å². The predicted octanol–water partition coefficient (Wildman–Crippen LogP) is 2.65. The number of benzene rings is 1. The van der Waals surface area contributed by atoms with E-state index in [9.17, 15) is 4.79 Å². The van der Waals surface area contributed by atoms with Crippen molar-refractivity contribution in [2.75, 3.05) is 13.6 Å². The lowest BCUT2D eigenvalue weighted by atomic mass is 10.1. The topological polar surface area (TPSA) is 50.4 Å². The maximum absolute atomic E-state index is 11.8. The molecular formula is C16H26N2O2. The van der Waals surface area contributed by atoms with Crippen molar-refractivity contribution in [3.05, 3.63) is 29.8 Å². The first-order chi connectivity index (χ1) is 9.52. The summed E-state index contributed by atoms with van der Waals surface area (Å²) in [6.45, 7) is 6.86. The molecule has 0 saturated heterocycles. The van der Waals surface area contributed by atoms with Crippen molar-refractivity contribution in [1.82, 2.24) is 10.6 Å². The molecule has 0 saturated carbocycles. The fraction of sp³-hybridized carbons (Fsp3) is 0.562. The molecule has 112 valence electrons. The minimum absolute atomic E-state index is 0.0187. The highest BCUT2D eigenvalue weighted by atomic mass is 16.5. The van der Waals surface area contributed by atoms with Crippen LogP contribution in [0, 0.1) is 0 Å². The maximum Gasteiger partial charge on any atom is 0.220 e. The second-order valence-corrected chi connectivity index (χ2v) is 5.23. The number of hydrogen-bond donors (Lipinski definition) is 2. The maximum atomic E-state index is 11.8. The van der Waals surface area contributed by atoms with E-state index >= 15 is 0 Å². The summed E-state index contributed by atoms with van der Waals surface area (Å²) >= 11 is 0. The third-order valence-electron chi connectivity index (χ3n) is 2.96. The van der Waals surface area contributed by atoms with E-state index in [2.05, 4.69) is 10.6 Å². The summed E-state index contributed by atoms with van der Waals surface area (Å²) in [6, 6.07) is 7.90. The van der Waals surface area contributed by atoms with Crippen LogP contribution in [0.15, 0.2) is 24.3 Å². The summed E-state index contributed by atoms with van der Waals surface area (Å²) in [5.74, 6) is 0.951. The van der Waals surface area contributed by atoms with Gasteiger partial charge in [-0.25, -0.2) is 0 Å². The molecule has 4 nitrogen and oxygen atoms in total. The van der Waals surface area contributed by atoms with E-state index in [1.165, 1.54) is 0 Å². The molecule has 1 rings (SSSR count). The van der Waals surface area contributed by atoms with Gasteiger partial charge in [0.1, 0.15) is 5.75 Å². The summed E-state index contributed by atoms with van der Waals surface area (Å²) in [5, 5.41) is 6.04. The van der Waals surface area contributed by atoms with Crippen molar-refractivity contribution in [3.8, 4) is 5.75 Å². The highest BCUT2D eigenvalue weighted by Gasteiger charge is 2.09. The Morgan fingerprint density at radius 1 is 1.20 bits per heavy atom. The van der Waals surface area contributed by atoms with E-state index in [1.54, 1.807) is 0 Å². The van der Waals surface area contributed by atoms with Crippen LogP contribution in [0.25, 0.3) is 0 Å². The minimum Gasteiger partial charge on any atom is -0.491 e. The van der Waals surface area contributed by atoms with Crippen LogP contribution in [0.2, 0.25) is 0 Å². The van der Waals surface area contributed by atoms with Crippen LogP contribution in [0.4, 0.5) is 0 Å². The molecule has 1 unspecified atom stereocenters. The molecule has 0 aliphatic carbocycles. The van der Waals surface area contributed by atoms with Crippen LogP contribution < -0.4 is 15.4 Å².